The van der Waals surface area contributed by atoms with Crippen molar-refractivity contribution in [1.29, 1.82) is 0 Å². The summed E-state index contributed by atoms with van der Waals surface area (Å²) in [6.07, 6.45) is 3.02. The lowest BCUT2D eigenvalue weighted by molar-refractivity contribution is 0.112. The number of nitrogens with one attached hydrogen (secondary N) is 1. The van der Waals surface area contributed by atoms with Crippen molar-refractivity contribution >= 4 is 0 Å². The third-order valence-corrected chi connectivity index (χ3v) is 2.32. The second-order valence-electron chi connectivity index (χ2n) is 3.68. The third kappa shape index (κ3) is 6.02. The molecule has 0 aromatic heterocycles. The van der Waals surface area contributed by atoms with E-state index in [1.54, 1.807) is 0 Å². The van der Waals surface area contributed by atoms with Gasteiger partial charge in [-0.15, -0.1) is 0 Å². The fraction of sp³-hybridized carbons (Fsp3) is 1.00. The maximum Gasteiger partial charge on any atom is 0.0610 e. The molecule has 0 saturated heterocycles. The van der Waals surface area contributed by atoms with Gasteiger partial charge in [0, 0.05) is 18.8 Å². The summed E-state index contributed by atoms with van der Waals surface area (Å²) >= 11 is 0. The number of ether oxygens (including phenoxy) is 1. The molecule has 0 aliphatic rings. The van der Waals surface area contributed by atoms with E-state index in [0.29, 0.717) is 0 Å². The number of likely N-dealkylation sites (N-methyl/N-ethyl adjacent to an activating group) is 1. The van der Waals surface area contributed by atoms with Crippen LogP contribution < -0.4 is 5.32 Å². The standard InChI is InChI=1S/C10H23NO2/c1-4-7-13-8-5-6-10(2,9-12)11-3/h11-12H,4-9H2,1-3H3. The Hall–Kier alpha value is -0.120. The molecule has 0 fully saturated rings. The molecule has 2 N–H and O–H groups in total. The molecule has 13 heavy (non-hydrogen) atoms. The van der Waals surface area contributed by atoms with E-state index < -0.39 is 0 Å². The van der Waals surface area contributed by atoms with Gasteiger partial charge in [0.2, 0.25) is 0 Å². The summed E-state index contributed by atoms with van der Waals surface area (Å²) in [6.45, 7) is 5.94. The zero-order valence-electron chi connectivity index (χ0n) is 9.10. The smallest absolute Gasteiger partial charge is 0.0610 e. The predicted octanol–water partition coefficient (Wildman–Crippen LogP) is 1.16. The molecule has 0 rings (SSSR count). The van der Waals surface area contributed by atoms with Gasteiger partial charge in [-0.3, -0.25) is 0 Å². The van der Waals surface area contributed by atoms with Gasteiger partial charge in [0.1, 0.15) is 0 Å². The lowest BCUT2D eigenvalue weighted by atomic mass is 9.97. The van der Waals surface area contributed by atoms with Crippen molar-refractivity contribution in [3.8, 4) is 0 Å². The Morgan fingerprint density at radius 2 is 2.08 bits per heavy atom. The number of aliphatic hydroxyl groups is 1. The molecule has 0 spiro atoms. The molecule has 0 aromatic carbocycles. The monoisotopic (exact) mass is 189 g/mol. The maximum absolute atomic E-state index is 9.08. The van der Waals surface area contributed by atoms with Gasteiger partial charge in [0.25, 0.3) is 0 Å². The van der Waals surface area contributed by atoms with Gasteiger partial charge in [0.05, 0.1) is 6.61 Å². The molecule has 0 amide bonds. The minimum Gasteiger partial charge on any atom is -0.394 e. The Bertz CT molecular complexity index is 113. The molecule has 3 heteroatoms. The molecule has 80 valence electrons. The Kier molecular flexibility index (Phi) is 7.23. The summed E-state index contributed by atoms with van der Waals surface area (Å²) in [4.78, 5) is 0. The highest BCUT2D eigenvalue weighted by molar-refractivity contribution is 4.79. The molecule has 3 nitrogen and oxygen atoms in total. The molecular formula is C10H23NO2. The number of hydrogen-bond acceptors (Lipinski definition) is 3. The van der Waals surface area contributed by atoms with Crippen molar-refractivity contribution in [2.75, 3.05) is 26.9 Å². The minimum atomic E-state index is -0.143. The minimum absolute atomic E-state index is 0.143. The van der Waals surface area contributed by atoms with Gasteiger partial charge < -0.3 is 15.2 Å². The first kappa shape index (κ1) is 12.9. The largest absolute Gasteiger partial charge is 0.394 e. The normalized spacial score (nSPS) is 15.7. The Morgan fingerprint density at radius 3 is 2.54 bits per heavy atom. The van der Waals surface area contributed by atoms with Crippen LogP contribution in [0.1, 0.15) is 33.1 Å². The predicted molar refractivity (Wildman–Crippen MR) is 54.9 cm³/mol. The van der Waals surface area contributed by atoms with Crippen molar-refractivity contribution < 1.29 is 9.84 Å². The van der Waals surface area contributed by atoms with Crippen LogP contribution in [-0.2, 0) is 4.74 Å². The van der Waals surface area contributed by atoms with Crippen molar-refractivity contribution in [3.05, 3.63) is 0 Å². The zero-order chi connectivity index (χ0) is 10.2. The first-order chi connectivity index (χ1) is 6.18. The van der Waals surface area contributed by atoms with Crippen LogP contribution in [0.3, 0.4) is 0 Å². The van der Waals surface area contributed by atoms with E-state index in [1.165, 1.54) is 0 Å². The summed E-state index contributed by atoms with van der Waals surface area (Å²) in [5, 5.41) is 12.2. The van der Waals surface area contributed by atoms with Crippen LogP contribution in [0, 0.1) is 0 Å². The summed E-state index contributed by atoms with van der Waals surface area (Å²) in [5.41, 5.74) is -0.143. The molecule has 0 aliphatic heterocycles. The van der Waals surface area contributed by atoms with Gasteiger partial charge in [-0.25, -0.2) is 0 Å². The SMILES string of the molecule is CCCOCCCC(C)(CO)NC. The van der Waals surface area contributed by atoms with E-state index in [-0.39, 0.29) is 12.1 Å². The van der Waals surface area contributed by atoms with Crippen molar-refractivity contribution in [1.82, 2.24) is 5.32 Å². The molecule has 1 unspecified atom stereocenters. The Balaban J connectivity index is 3.39. The summed E-state index contributed by atoms with van der Waals surface area (Å²) in [5.74, 6) is 0. The average Bonchev–Trinajstić information content (AvgIpc) is 2.17. The van der Waals surface area contributed by atoms with E-state index in [0.717, 1.165) is 32.5 Å². The molecule has 0 radical (unpaired) electrons. The molecule has 0 aromatic rings. The van der Waals surface area contributed by atoms with Crippen LogP contribution in [0.15, 0.2) is 0 Å². The summed E-state index contributed by atoms with van der Waals surface area (Å²) < 4.78 is 5.36. The second-order valence-corrected chi connectivity index (χ2v) is 3.68. The van der Waals surface area contributed by atoms with E-state index >= 15 is 0 Å². The van der Waals surface area contributed by atoms with Gasteiger partial charge >= 0.3 is 0 Å². The van der Waals surface area contributed by atoms with Crippen LogP contribution in [-0.4, -0.2) is 37.5 Å². The van der Waals surface area contributed by atoms with Crippen molar-refractivity contribution in [2.45, 2.75) is 38.6 Å². The van der Waals surface area contributed by atoms with E-state index in [2.05, 4.69) is 12.2 Å². The fourth-order valence-corrected chi connectivity index (χ4v) is 1.09. The molecule has 0 heterocycles. The van der Waals surface area contributed by atoms with Gasteiger partial charge in [-0.2, -0.15) is 0 Å². The van der Waals surface area contributed by atoms with Crippen LogP contribution in [0.25, 0.3) is 0 Å². The fourth-order valence-electron chi connectivity index (χ4n) is 1.09. The second kappa shape index (κ2) is 7.30. The van der Waals surface area contributed by atoms with Crippen LogP contribution in [0.4, 0.5) is 0 Å². The van der Waals surface area contributed by atoms with Gasteiger partial charge in [-0.05, 0) is 33.2 Å². The van der Waals surface area contributed by atoms with Crippen LogP contribution >= 0.6 is 0 Å². The van der Waals surface area contributed by atoms with E-state index in [4.69, 9.17) is 9.84 Å². The number of rotatable bonds is 8. The topological polar surface area (TPSA) is 41.5 Å². The molecular weight excluding hydrogens is 166 g/mol. The quantitative estimate of drug-likeness (QED) is 0.563. The molecule has 0 saturated carbocycles. The zero-order valence-corrected chi connectivity index (χ0v) is 9.10. The maximum atomic E-state index is 9.08. The Morgan fingerprint density at radius 1 is 1.38 bits per heavy atom. The van der Waals surface area contributed by atoms with Crippen LogP contribution in [0.5, 0.6) is 0 Å². The van der Waals surface area contributed by atoms with Crippen molar-refractivity contribution in [2.24, 2.45) is 0 Å². The molecule has 1 atom stereocenters. The number of hydrogen-bond donors (Lipinski definition) is 2. The third-order valence-electron chi connectivity index (χ3n) is 2.32. The van der Waals surface area contributed by atoms with Gasteiger partial charge in [-0.1, -0.05) is 6.92 Å². The average molecular weight is 189 g/mol. The lowest BCUT2D eigenvalue weighted by Crippen LogP contribution is -2.43. The Labute approximate surface area is 81.5 Å². The highest BCUT2D eigenvalue weighted by Gasteiger charge is 2.19. The first-order valence-electron chi connectivity index (χ1n) is 5.06. The van der Waals surface area contributed by atoms with E-state index in [1.807, 2.05) is 14.0 Å². The summed E-state index contributed by atoms with van der Waals surface area (Å²) in [6, 6.07) is 0. The molecule has 0 bridgehead atoms. The van der Waals surface area contributed by atoms with Crippen molar-refractivity contribution in [3.63, 3.8) is 0 Å². The first-order valence-corrected chi connectivity index (χ1v) is 5.06. The summed E-state index contributed by atoms with van der Waals surface area (Å²) in [7, 11) is 1.88. The lowest BCUT2D eigenvalue weighted by Gasteiger charge is -2.26. The number of aliphatic hydroxyl groups excluding tert-OH is 1. The highest BCUT2D eigenvalue weighted by Crippen LogP contribution is 2.10. The molecule has 0 aliphatic carbocycles. The van der Waals surface area contributed by atoms with Gasteiger partial charge in [0.15, 0.2) is 0 Å². The van der Waals surface area contributed by atoms with E-state index in [9.17, 15) is 0 Å². The highest BCUT2D eigenvalue weighted by atomic mass is 16.5. The van der Waals surface area contributed by atoms with Crippen LogP contribution in [0.2, 0.25) is 0 Å².